The number of carbonyl (C=O) groups is 2. The molecule has 1 aromatic heterocycles. The second-order valence-corrected chi connectivity index (χ2v) is 7.62. The summed E-state index contributed by atoms with van der Waals surface area (Å²) in [6.45, 7) is 3.32. The first kappa shape index (κ1) is 20.3. The van der Waals surface area contributed by atoms with Crippen LogP contribution in [-0.4, -0.2) is 63.1 Å². The lowest BCUT2D eigenvalue weighted by Gasteiger charge is -2.32. The maximum Gasteiger partial charge on any atom is 0.254 e. The van der Waals surface area contributed by atoms with Gasteiger partial charge in [-0.25, -0.2) is 4.98 Å². The van der Waals surface area contributed by atoms with Gasteiger partial charge in [-0.3, -0.25) is 9.59 Å². The molecule has 9 nitrogen and oxygen atoms in total. The molecule has 0 unspecified atom stereocenters. The van der Waals surface area contributed by atoms with Crippen LogP contribution in [0.4, 0.5) is 11.8 Å². The quantitative estimate of drug-likeness (QED) is 0.571. The maximum absolute atomic E-state index is 11.8. The van der Waals surface area contributed by atoms with Crippen molar-refractivity contribution in [3.8, 4) is 0 Å². The largest absolute Gasteiger partial charge is 0.393 e. The highest BCUT2D eigenvalue weighted by atomic mass is 16.3. The van der Waals surface area contributed by atoms with Gasteiger partial charge in [-0.1, -0.05) is 6.92 Å². The number of amides is 2. The van der Waals surface area contributed by atoms with Crippen LogP contribution in [0, 0.1) is 0 Å². The number of carbonyl (C=O) groups excluding carboxylic acids is 2. The number of primary amides is 1. The molecular weight excluding hydrogens is 360 g/mol. The average molecular weight is 390 g/mol. The number of hydrogen-bond acceptors (Lipinski definition) is 7. The first-order valence-electron chi connectivity index (χ1n) is 10.1. The minimum Gasteiger partial charge on any atom is -0.393 e. The summed E-state index contributed by atoms with van der Waals surface area (Å²) < 4.78 is 0. The Labute approximate surface area is 165 Å². The molecule has 2 heterocycles. The summed E-state index contributed by atoms with van der Waals surface area (Å²) >= 11 is 0. The minimum atomic E-state index is -0.573. The van der Waals surface area contributed by atoms with E-state index in [9.17, 15) is 14.7 Å². The third kappa shape index (κ3) is 5.09. The van der Waals surface area contributed by atoms with E-state index in [1.807, 2.05) is 11.8 Å². The van der Waals surface area contributed by atoms with Gasteiger partial charge in [0.1, 0.15) is 5.82 Å². The molecule has 0 spiro atoms. The molecule has 0 atom stereocenters. The van der Waals surface area contributed by atoms with Crippen LogP contribution < -0.4 is 16.4 Å². The van der Waals surface area contributed by atoms with E-state index in [1.54, 1.807) is 0 Å². The second-order valence-electron chi connectivity index (χ2n) is 7.62. The molecule has 0 radical (unpaired) electrons. The summed E-state index contributed by atoms with van der Waals surface area (Å²) in [5.41, 5.74) is 5.74. The fraction of sp³-hybridized carbons (Fsp3) is 0.684. The van der Waals surface area contributed by atoms with Crippen LogP contribution in [0.25, 0.3) is 0 Å². The molecule has 1 aliphatic carbocycles. The number of likely N-dealkylation sites (tertiary alicyclic amines) is 1. The van der Waals surface area contributed by atoms with Crippen LogP contribution in [-0.2, 0) is 4.79 Å². The number of piperidine rings is 1. The SMILES string of the molecule is CCC(=O)N1CCC(Nc2ncc(C(N)=O)c(N[C@H]3CC[C@@H](O)CC3)n2)CC1. The molecule has 2 aliphatic rings. The predicted molar refractivity (Wildman–Crippen MR) is 106 cm³/mol. The Morgan fingerprint density at radius 1 is 1.14 bits per heavy atom. The number of nitrogens with two attached hydrogens (primary N) is 1. The molecule has 0 bridgehead atoms. The first-order chi connectivity index (χ1) is 13.5. The fourth-order valence-corrected chi connectivity index (χ4v) is 3.83. The van der Waals surface area contributed by atoms with Crippen molar-refractivity contribution in [2.75, 3.05) is 23.7 Å². The van der Waals surface area contributed by atoms with Crippen LogP contribution in [0.15, 0.2) is 6.20 Å². The topological polar surface area (TPSA) is 133 Å². The van der Waals surface area contributed by atoms with Gasteiger partial charge in [0.25, 0.3) is 5.91 Å². The van der Waals surface area contributed by atoms with Gasteiger partial charge < -0.3 is 26.4 Å². The highest BCUT2D eigenvalue weighted by molar-refractivity contribution is 5.97. The second kappa shape index (κ2) is 9.18. The van der Waals surface area contributed by atoms with Gasteiger partial charge in [0.05, 0.1) is 11.7 Å². The molecule has 28 heavy (non-hydrogen) atoms. The van der Waals surface area contributed by atoms with E-state index in [-0.39, 0.29) is 29.7 Å². The van der Waals surface area contributed by atoms with Crippen LogP contribution in [0.3, 0.4) is 0 Å². The van der Waals surface area contributed by atoms with Gasteiger partial charge in [-0.05, 0) is 38.5 Å². The summed E-state index contributed by atoms with van der Waals surface area (Å²) in [6, 6.07) is 0.325. The van der Waals surface area contributed by atoms with Crippen molar-refractivity contribution in [3.05, 3.63) is 11.8 Å². The number of aliphatic hydroxyl groups is 1. The Balaban J connectivity index is 1.64. The number of nitrogens with one attached hydrogen (secondary N) is 2. The molecule has 154 valence electrons. The van der Waals surface area contributed by atoms with Crippen molar-refractivity contribution in [2.24, 2.45) is 5.73 Å². The molecule has 2 amide bonds. The molecule has 2 fully saturated rings. The highest BCUT2D eigenvalue weighted by Crippen LogP contribution is 2.24. The monoisotopic (exact) mass is 390 g/mol. The van der Waals surface area contributed by atoms with Gasteiger partial charge in [-0.15, -0.1) is 0 Å². The number of hydrogen-bond donors (Lipinski definition) is 4. The molecule has 3 rings (SSSR count). The Kier molecular flexibility index (Phi) is 6.66. The molecular formula is C19H30N6O3. The van der Waals surface area contributed by atoms with E-state index in [4.69, 9.17) is 5.73 Å². The van der Waals surface area contributed by atoms with Crippen molar-refractivity contribution in [2.45, 2.75) is 70.1 Å². The Morgan fingerprint density at radius 3 is 2.39 bits per heavy atom. The van der Waals surface area contributed by atoms with Crippen molar-refractivity contribution in [3.63, 3.8) is 0 Å². The summed E-state index contributed by atoms with van der Waals surface area (Å²) in [7, 11) is 0. The van der Waals surface area contributed by atoms with E-state index in [2.05, 4.69) is 20.6 Å². The van der Waals surface area contributed by atoms with E-state index in [1.165, 1.54) is 6.20 Å². The van der Waals surface area contributed by atoms with Crippen LogP contribution >= 0.6 is 0 Å². The molecule has 1 saturated carbocycles. The Bertz CT molecular complexity index is 697. The summed E-state index contributed by atoms with van der Waals surface area (Å²) in [4.78, 5) is 34.2. The minimum absolute atomic E-state index is 0.146. The number of rotatable bonds is 6. The highest BCUT2D eigenvalue weighted by Gasteiger charge is 2.24. The van der Waals surface area contributed by atoms with Gasteiger partial charge >= 0.3 is 0 Å². The molecule has 5 N–H and O–H groups in total. The van der Waals surface area contributed by atoms with Crippen molar-refractivity contribution >= 4 is 23.6 Å². The van der Waals surface area contributed by atoms with Crippen LogP contribution in [0.1, 0.15) is 62.2 Å². The van der Waals surface area contributed by atoms with Crippen LogP contribution in [0.5, 0.6) is 0 Å². The zero-order valence-corrected chi connectivity index (χ0v) is 16.4. The predicted octanol–water partition coefficient (Wildman–Crippen LogP) is 1.10. The molecule has 1 aliphatic heterocycles. The summed E-state index contributed by atoms with van der Waals surface area (Å²) in [6.07, 6.45) is 6.49. The molecule has 1 aromatic rings. The Hall–Kier alpha value is -2.42. The third-order valence-corrected chi connectivity index (χ3v) is 5.58. The zero-order valence-electron chi connectivity index (χ0n) is 16.4. The van der Waals surface area contributed by atoms with E-state index in [0.29, 0.717) is 18.2 Å². The molecule has 0 aromatic carbocycles. The smallest absolute Gasteiger partial charge is 0.254 e. The number of anilines is 2. The lowest BCUT2D eigenvalue weighted by molar-refractivity contribution is -0.131. The summed E-state index contributed by atoms with van der Waals surface area (Å²) in [5.74, 6) is 0.495. The van der Waals surface area contributed by atoms with Gasteiger partial charge in [-0.2, -0.15) is 4.98 Å². The lowest BCUT2D eigenvalue weighted by Crippen LogP contribution is -2.42. The van der Waals surface area contributed by atoms with Crippen LogP contribution in [0.2, 0.25) is 0 Å². The van der Waals surface area contributed by atoms with Crippen molar-refractivity contribution < 1.29 is 14.7 Å². The van der Waals surface area contributed by atoms with E-state index in [0.717, 1.165) is 51.6 Å². The average Bonchev–Trinajstić information content (AvgIpc) is 2.69. The van der Waals surface area contributed by atoms with Gasteiger partial charge in [0.2, 0.25) is 11.9 Å². The van der Waals surface area contributed by atoms with E-state index < -0.39 is 5.91 Å². The first-order valence-corrected chi connectivity index (χ1v) is 10.1. The van der Waals surface area contributed by atoms with Gasteiger partial charge in [0.15, 0.2) is 0 Å². The summed E-state index contributed by atoms with van der Waals surface area (Å²) in [5, 5.41) is 16.3. The standard InChI is InChI=1S/C19H30N6O3/c1-2-16(27)25-9-7-13(8-10-25)23-19-21-11-15(17(20)28)18(24-19)22-12-3-5-14(26)6-4-12/h11-14,26H,2-10H2,1H3,(H2,20,28)(H2,21,22,23,24)/t12-,14+. The number of nitrogens with zero attached hydrogens (tertiary/aromatic N) is 3. The molecule has 1 saturated heterocycles. The normalized spacial score (nSPS) is 23.3. The third-order valence-electron chi connectivity index (χ3n) is 5.58. The number of aliphatic hydroxyl groups excluding tert-OH is 1. The van der Waals surface area contributed by atoms with Crippen molar-refractivity contribution in [1.82, 2.24) is 14.9 Å². The van der Waals surface area contributed by atoms with Gasteiger partial charge in [0, 0.05) is 37.8 Å². The maximum atomic E-state index is 11.8. The van der Waals surface area contributed by atoms with E-state index >= 15 is 0 Å². The fourth-order valence-electron chi connectivity index (χ4n) is 3.83. The molecule has 9 heteroatoms. The zero-order chi connectivity index (χ0) is 20.1. The Morgan fingerprint density at radius 2 is 1.79 bits per heavy atom. The number of aromatic nitrogens is 2. The lowest BCUT2D eigenvalue weighted by atomic mass is 9.93. The van der Waals surface area contributed by atoms with Crippen molar-refractivity contribution in [1.29, 1.82) is 0 Å².